The summed E-state index contributed by atoms with van der Waals surface area (Å²) in [6, 6.07) is 24.5. The minimum atomic E-state index is 0.931. The number of nitrogens with zero attached hydrogens (tertiary/aromatic N) is 4. The van der Waals surface area contributed by atoms with Gasteiger partial charge >= 0.3 is 0 Å². The molecule has 0 spiro atoms. The maximum atomic E-state index is 5.04. The Kier molecular flexibility index (Phi) is 3.11. The van der Waals surface area contributed by atoms with Gasteiger partial charge in [0.1, 0.15) is 11.3 Å². The van der Waals surface area contributed by atoms with E-state index in [1.54, 1.807) is 6.20 Å². The van der Waals surface area contributed by atoms with Crippen molar-refractivity contribution >= 4 is 38.5 Å². The molecule has 0 fully saturated rings. The van der Waals surface area contributed by atoms with Crippen LogP contribution in [0.2, 0.25) is 0 Å². The quantitative estimate of drug-likeness (QED) is 0.243. The lowest BCUT2D eigenvalue weighted by atomic mass is 9.94. The highest BCUT2D eigenvalue weighted by molar-refractivity contribution is 6.20. The van der Waals surface area contributed by atoms with Gasteiger partial charge in [-0.25, -0.2) is 9.97 Å². The first-order chi connectivity index (χ1) is 17.3. The maximum Gasteiger partial charge on any atom is 0.147 e. The van der Waals surface area contributed by atoms with Gasteiger partial charge < -0.3 is 0 Å². The molecule has 0 N–H and O–H groups in total. The Morgan fingerprint density at radius 1 is 0.657 bits per heavy atom. The lowest BCUT2D eigenvalue weighted by molar-refractivity contribution is 1.22. The van der Waals surface area contributed by atoms with E-state index in [9.17, 15) is 0 Å². The summed E-state index contributed by atoms with van der Waals surface area (Å²) < 4.78 is 2.17. The summed E-state index contributed by atoms with van der Waals surface area (Å²) in [6.45, 7) is 0. The van der Waals surface area contributed by atoms with Crippen LogP contribution >= 0.6 is 0 Å². The topological polar surface area (TPSA) is 43.1 Å². The van der Waals surface area contributed by atoms with Crippen molar-refractivity contribution in [1.82, 2.24) is 19.4 Å². The average molecular weight is 447 g/mol. The zero-order valence-corrected chi connectivity index (χ0v) is 18.8. The van der Waals surface area contributed by atoms with Crippen LogP contribution in [0.4, 0.5) is 0 Å². The summed E-state index contributed by atoms with van der Waals surface area (Å²) >= 11 is 0. The monoisotopic (exact) mass is 446 g/mol. The van der Waals surface area contributed by atoms with Gasteiger partial charge in [-0.05, 0) is 87.7 Å². The predicted molar refractivity (Wildman–Crippen MR) is 140 cm³/mol. The second-order valence-corrected chi connectivity index (χ2v) is 9.71. The van der Waals surface area contributed by atoms with Crippen LogP contribution in [0.25, 0.3) is 60.7 Å². The van der Waals surface area contributed by atoms with Gasteiger partial charge in [0.2, 0.25) is 0 Å². The van der Waals surface area contributed by atoms with E-state index < -0.39 is 0 Å². The van der Waals surface area contributed by atoms with Crippen LogP contribution in [-0.4, -0.2) is 19.4 Å². The molecule has 9 rings (SSSR count). The number of rotatable bonds is 0. The van der Waals surface area contributed by atoms with Gasteiger partial charge in [-0.3, -0.25) is 9.38 Å². The molecule has 0 saturated carbocycles. The summed E-state index contributed by atoms with van der Waals surface area (Å²) in [5.41, 5.74) is 15.0. The van der Waals surface area contributed by atoms with Crippen molar-refractivity contribution in [3.05, 3.63) is 108 Å². The smallest absolute Gasteiger partial charge is 0.147 e. The Balaban J connectivity index is 1.43. The normalized spacial score (nSPS) is 13.5. The van der Waals surface area contributed by atoms with Gasteiger partial charge in [0.15, 0.2) is 0 Å². The number of hydrogen-bond acceptors (Lipinski definition) is 3. The van der Waals surface area contributed by atoms with Crippen molar-refractivity contribution in [2.75, 3.05) is 0 Å². The van der Waals surface area contributed by atoms with Crippen molar-refractivity contribution in [1.29, 1.82) is 0 Å². The third kappa shape index (κ3) is 2.15. The average Bonchev–Trinajstić information content (AvgIpc) is 3.58. The standard InChI is InChI=1S/C31H18N4/c1-2-5-21-17(4-1)12-19-15-25-20(14-24(19)21)13-18-7-8-23-29(28(18)25)22-6-3-10-33-30(22)35-27-16-32-11-9-26(27)34-31(23)35/h1-11,14-16H,12-13H2. The first-order valence-corrected chi connectivity index (χ1v) is 12.0. The molecule has 2 aliphatic carbocycles. The van der Waals surface area contributed by atoms with Crippen molar-refractivity contribution in [3.63, 3.8) is 0 Å². The van der Waals surface area contributed by atoms with Gasteiger partial charge in [0.25, 0.3) is 0 Å². The molecule has 4 nitrogen and oxygen atoms in total. The molecule has 0 unspecified atom stereocenters. The fourth-order valence-electron chi connectivity index (χ4n) is 6.47. The first kappa shape index (κ1) is 17.8. The molecular formula is C31H18N4. The van der Waals surface area contributed by atoms with Crippen LogP contribution in [0, 0.1) is 0 Å². The highest BCUT2D eigenvalue weighted by Crippen LogP contribution is 2.48. The molecule has 4 aromatic heterocycles. The fourth-order valence-corrected chi connectivity index (χ4v) is 6.47. The van der Waals surface area contributed by atoms with Crippen LogP contribution in [0.5, 0.6) is 0 Å². The van der Waals surface area contributed by atoms with Crippen LogP contribution in [0.3, 0.4) is 0 Å². The third-order valence-corrected chi connectivity index (χ3v) is 7.92. The molecule has 35 heavy (non-hydrogen) atoms. The molecule has 0 aliphatic heterocycles. The Morgan fingerprint density at radius 3 is 2.51 bits per heavy atom. The SMILES string of the molecule is c1ccc2c(c1)Cc1cc3c(cc1-2)Cc1ccc2c(c1-3)c1cccnc1n1c3cnccc3nc21. The number of hydrogen-bond donors (Lipinski definition) is 0. The zero-order chi connectivity index (χ0) is 22.7. The van der Waals surface area contributed by atoms with Crippen molar-refractivity contribution < 1.29 is 0 Å². The zero-order valence-electron chi connectivity index (χ0n) is 18.8. The van der Waals surface area contributed by atoms with Crippen molar-refractivity contribution in [2.45, 2.75) is 12.8 Å². The largest absolute Gasteiger partial charge is 0.274 e. The van der Waals surface area contributed by atoms with E-state index in [4.69, 9.17) is 9.97 Å². The van der Waals surface area contributed by atoms with Gasteiger partial charge in [0, 0.05) is 28.6 Å². The van der Waals surface area contributed by atoms with E-state index >= 15 is 0 Å². The van der Waals surface area contributed by atoms with Gasteiger partial charge in [-0.15, -0.1) is 0 Å². The van der Waals surface area contributed by atoms with Crippen LogP contribution in [-0.2, 0) is 12.8 Å². The lowest BCUT2D eigenvalue weighted by Crippen LogP contribution is -1.96. The van der Waals surface area contributed by atoms with Crippen molar-refractivity contribution in [2.24, 2.45) is 0 Å². The summed E-state index contributed by atoms with van der Waals surface area (Å²) in [4.78, 5) is 14.3. The Labute approximate surface area is 200 Å². The molecule has 0 radical (unpaired) electrons. The lowest BCUT2D eigenvalue weighted by Gasteiger charge is -2.13. The Bertz CT molecular complexity index is 2070. The Hall–Kier alpha value is -4.57. The number of aromatic nitrogens is 4. The number of pyridine rings is 3. The summed E-state index contributed by atoms with van der Waals surface area (Å²) in [5, 5.41) is 3.58. The molecule has 2 aliphatic rings. The maximum absolute atomic E-state index is 5.04. The van der Waals surface area contributed by atoms with Crippen LogP contribution in [0.1, 0.15) is 22.3 Å². The van der Waals surface area contributed by atoms with Crippen LogP contribution < -0.4 is 0 Å². The highest BCUT2D eigenvalue weighted by Gasteiger charge is 2.28. The molecule has 3 aromatic carbocycles. The summed E-state index contributed by atoms with van der Waals surface area (Å²) in [7, 11) is 0. The highest BCUT2D eigenvalue weighted by atomic mass is 15.1. The molecular weight excluding hydrogens is 428 g/mol. The van der Waals surface area contributed by atoms with Gasteiger partial charge in [-0.1, -0.05) is 36.4 Å². The summed E-state index contributed by atoms with van der Waals surface area (Å²) in [5.74, 6) is 0. The number of imidazole rings is 1. The third-order valence-electron chi connectivity index (χ3n) is 7.92. The molecule has 162 valence electrons. The predicted octanol–water partition coefficient (Wildman–Crippen LogP) is 6.73. The minimum Gasteiger partial charge on any atom is -0.274 e. The number of fused-ring (bicyclic) bond motifs is 15. The van der Waals surface area contributed by atoms with E-state index in [1.807, 2.05) is 24.5 Å². The van der Waals surface area contributed by atoms with Crippen LogP contribution in [0.15, 0.2) is 85.3 Å². The van der Waals surface area contributed by atoms with E-state index in [2.05, 4.69) is 64.0 Å². The molecule has 0 atom stereocenters. The first-order valence-electron chi connectivity index (χ1n) is 12.0. The van der Waals surface area contributed by atoms with E-state index in [0.29, 0.717) is 0 Å². The second-order valence-electron chi connectivity index (χ2n) is 9.71. The Morgan fingerprint density at radius 2 is 1.51 bits per heavy atom. The molecule has 4 heteroatoms. The fraction of sp³-hybridized carbons (Fsp3) is 0.0645. The molecule has 0 saturated heterocycles. The molecule has 7 aromatic rings. The molecule has 4 heterocycles. The van der Waals surface area contributed by atoms with Gasteiger partial charge in [-0.2, -0.15) is 0 Å². The molecule has 0 amide bonds. The summed E-state index contributed by atoms with van der Waals surface area (Å²) in [6.07, 6.45) is 7.53. The van der Waals surface area contributed by atoms with E-state index in [1.165, 1.54) is 49.9 Å². The minimum absolute atomic E-state index is 0.931. The number of benzene rings is 3. The second kappa shape index (κ2) is 6.10. The molecule has 0 bridgehead atoms. The van der Waals surface area contributed by atoms with E-state index in [0.717, 1.165) is 45.9 Å². The van der Waals surface area contributed by atoms with Gasteiger partial charge in [0.05, 0.1) is 17.2 Å². The van der Waals surface area contributed by atoms with E-state index in [-0.39, 0.29) is 0 Å². The van der Waals surface area contributed by atoms with Crippen molar-refractivity contribution in [3.8, 4) is 22.3 Å².